The van der Waals surface area contributed by atoms with Gasteiger partial charge in [0, 0.05) is 11.4 Å². The van der Waals surface area contributed by atoms with Crippen LogP contribution in [-0.2, 0) is 12.8 Å². The van der Waals surface area contributed by atoms with Crippen molar-refractivity contribution in [2.24, 2.45) is 11.3 Å². The van der Waals surface area contributed by atoms with Gasteiger partial charge in [0.15, 0.2) is 5.65 Å². The van der Waals surface area contributed by atoms with E-state index < -0.39 is 0 Å². The first-order valence-electron chi connectivity index (χ1n) is 9.36. The summed E-state index contributed by atoms with van der Waals surface area (Å²) in [5.74, 6) is 1.12. The van der Waals surface area contributed by atoms with Crippen molar-refractivity contribution in [2.75, 3.05) is 13.2 Å². The number of thiophene rings is 1. The first-order chi connectivity index (χ1) is 12.8. The van der Waals surface area contributed by atoms with Crippen LogP contribution in [0.15, 0.2) is 0 Å². The normalized spacial score (nSPS) is 17.4. The van der Waals surface area contributed by atoms with E-state index in [4.69, 9.17) is 10.1 Å². The molecule has 144 valence electrons. The number of amides is 1. The molecular weight excluding hydrogens is 362 g/mol. The molecule has 2 N–H and O–H groups in total. The average Bonchev–Trinajstić information content (AvgIpc) is 3.19. The van der Waals surface area contributed by atoms with Crippen LogP contribution in [0, 0.1) is 18.3 Å². The maximum Gasteiger partial charge on any atom is 0.291 e. The van der Waals surface area contributed by atoms with Crippen LogP contribution in [0.3, 0.4) is 0 Å². The second-order valence-electron chi connectivity index (χ2n) is 8.30. The van der Waals surface area contributed by atoms with Gasteiger partial charge in [0.05, 0.1) is 12.0 Å². The van der Waals surface area contributed by atoms with E-state index >= 15 is 0 Å². The number of carbonyl (C=O) groups is 1. The maximum atomic E-state index is 12.2. The van der Waals surface area contributed by atoms with Crippen LogP contribution in [0.2, 0.25) is 0 Å². The van der Waals surface area contributed by atoms with E-state index in [0.29, 0.717) is 17.0 Å². The Balaban J connectivity index is 1.83. The standard InChI is InChI=1S/C19H25N5O2S/c1-10-21-18-14(12-6-5-11(19(2,3)4)9-13(12)27-18)16-22-15(23-24(10)16)17(26)20-7-8-25/h11,25H,5-9H2,1-4H3,(H,20,26)/t11-/m1/s1. The molecule has 3 aromatic rings. The van der Waals surface area contributed by atoms with Crippen molar-refractivity contribution in [1.82, 2.24) is 24.9 Å². The van der Waals surface area contributed by atoms with E-state index in [1.165, 1.54) is 10.4 Å². The Morgan fingerprint density at radius 2 is 2.15 bits per heavy atom. The summed E-state index contributed by atoms with van der Waals surface area (Å²) in [5, 5.41) is 16.9. The molecule has 0 bridgehead atoms. The van der Waals surface area contributed by atoms with Crippen molar-refractivity contribution in [1.29, 1.82) is 0 Å². The number of aliphatic hydroxyl groups excluding tert-OH is 1. The minimum Gasteiger partial charge on any atom is -0.395 e. The van der Waals surface area contributed by atoms with E-state index in [-0.39, 0.29) is 24.9 Å². The topological polar surface area (TPSA) is 92.4 Å². The van der Waals surface area contributed by atoms with Gasteiger partial charge in [0.25, 0.3) is 5.91 Å². The van der Waals surface area contributed by atoms with Crippen molar-refractivity contribution < 1.29 is 9.90 Å². The Morgan fingerprint density at radius 3 is 2.85 bits per heavy atom. The van der Waals surface area contributed by atoms with Crippen LogP contribution in [-0.4, -0.2) is 43.7 Å². The Labute approximate surface area is 161 Å². The molecule has 0 fully saturated rings. The lowest BCUT2D eigenvalue weighted by molar-refractivity contribution is 0.0934. The average molecular weight is 388 g/mol. The number of aliphatic hydroxyl groups is 1. The molecule has 3 heterocycles. The summed E-state index contributed by atoms with van der Waals surface area (Å²) >= 11 is 1.75. The SMILES string of the molecule is Cc1nc2sc3c(c2c2nc(C(=O)NCCO)nn12)CC[C@@H](C(C)(C)C)C3. The molecule has 8 heteroatoms. The first-order valence-corrected chi connectivity index (χ1v) is 10.2. The molecule has 0 spiro atoms. The Bertz CT molecular complexity index is 1030. The fraction of sp³-hybridized carbons (Fsp3) is 0.579. The van der Waals surface area contributed by atoms with Gasteiger partial charge in [-0.05, 0) is 43.1 Å². The third kappa shape index (κ3) is 3.10. The van der Waals surface area contributed by atoms with Crippen molar-refractivity contribution in [3.8, 4) is 0 Å². The van der Waals surface area contributed by atoms with E-state index in [1.54, 1.807) is 15.9 Å². The second-order valence-corrected chi connectivity index (χ2v) is 9.38. The molecular formula is C19H25N5O2S. The van der Waals surface area contributed by atoms with Crippen LogP contribution in [0.5, 0.6) is 0 Å². The highest BCUT2D eigenvalue weighted by molar-refractivity contribution is 7.19. The lowest BCUT2D eigenvalue weighted by Gasteiger charge is -2.33. The molecule has 1 aliphatic rings. The zero-order valence-corrected chi connectivity index (χ0v) is 17.0. The molecule has 1 aliphatic carbocycles. The van der Waals surface area contributed by atoms with Gasteiger partial charge in [-0.2, -0.15) is 4.52 Å². The number of carbonyl (C=O) groups excluding carboxylic acids is 1. The number of aromatic nitrogens is 4. The van der Waals surface area contributed by atoms with Crippen molar-refractivity contribution in [3.05, 3.63) is 22.1 Å². The van der Waals surface area contributed by atoms with E-state index in [1.807, 2.05) is 6.92 Å². The van der Waals surface area contributed by atoms with Gasteiger partial charge in [-0.25, -0.2) is 9.97 Å². The van der Waals surface area contributed by atoms with Crippen LogP contribution in [0.4, 0.5) is 0 Å². The van der Waals surface area contributed by atoms with Crippen LogP contribution >= 0.6 is 11.3 Å². The predicted octanol–water partition coefficient (Wildman–Crippen LogP) is 2.52. The third-order valence-corrected chi connectivity index (χ3v) is 6.62. The molecule has 3 aromatic heterocycles. The lowest BCUT2D eigenvalue weighted by atomic mass is 9.72. The van der Waals surface area contributed by atoms with E-state index in [2.05, 4.69) is 36.2 Å². The lowest BCUT2D eigenvalue weighted by Crippen LogP contribution is -2.27. The Morgan fingerprint density at radius 1 is 1.37 bits per heavy atom. The summed E-state index contributed by atoms with van der Waals surface area (Å²) in [6, 6.07) is 0. The van der Waals surface area contributed by atoms with Gasteiger partial charge < -0.3 is 10.4 Å². The second kappa shape index (κ2) is 6.53. The molecule has 0 saturated heterocycles. The van der Waals surface area contributed by atoms with Crippen molar-refractivity contribution in [2.45, 2.75) is 47.0 Å². The number of rotatable bonds is 3. The zero-order chi connectivity index (χ0) is 19.3. The van der Waals surface area contributed by atoms with Gasteiger partial charge >= 0.3 is 0 Å². The number of hydrogen-bond donors (Lipinski definition) is 2. The van der Waals surface area contributed by atoms with Crippen LogP contribution < -0.4 is 5.32 Å². The van der Waals surface area contributed by atoms with Gasteiger partial charge in [-0.1, -0.05) is 20.8 Å². The number of nitrogens with one attached hydrogen (secondary N) is 1. The highest BCUT2D eigenvalue weighted by Gasteiger charge is 2.32. The smallest absolute Gasteiger partial charge is 0.291 e. The molecule has 0 aromatic carbocycles. The molecule has 0 radical (unpaired) electrons. The molecule has 0 saturated carbocycles. The van der Waals surface area contributed by atoms with Crippen molar-refractivity contribution in [3.63, 3.8) is 0 Å². The number of hydrogen-bond acceptors (Lipinski definition) is 6. The van der Waals surface area contributed by atoms with Gasteiger partial charge in [0.2, 0.25) is 5.82 Å². The van der Waals surface area contributed by atoms with Crippen LogP contribution in [0.1, 0.15) is 54.1 Å². The maximum absolute atomic E-state index is 12.2. The van der Waals surface area contributed by atoms with Crippen LogP contribution in [0.25, 0.3) is 15.9 Å². The van der Waals surface area contributed by atoms with Gasteiger partial charge in [-0.15, -0.1) is 16.4 Å². The fourth-order valence-electron chi connectivity index (χ4n) is 3.86. The highest BCUT2D eigenvalue weighted by atomic mass is 32.1. The molecule has 1 atom stereocenters. The zero-order valence-electron chi connectivity index (χ0n) is 16.2. The van der Waals surface area contributed by atoms with Gasteiger partial charge in [0.1, 0.15) is 10.7 Å². The number of nitrogens with zero attached hydrogens (tertiary/aromatic N) is 4. The van der Waals surface area contributed by atoms with E-state index in [0.717, 1.165) is 35.3 Å². The summed E-state index contributed by atoms with van der Waals surface area (Å²) in [6.45, 7) is 8.89. The third-order valence-electron chi connectivity index (χ3n) is 5.47. The minimum atomic E-state index is -0.378. The molecule has 1 amide bonds. The molecule has 7 nitrogen and oxygen atoms in total. The van der Waals surface area contributed by atoms with E-state index in [9.17, 15) is 4.79 Å². The monoisotopic (exact) mass is 387 g/mol. The molecule has 0 unspecified atom stereocenters. The molecule has 27 heavy (non-hydrogen) atoms. The number of aryl methyl sites for hydroxylation is 2. The van der Waals surface area contributed by atoms with Crippen molar-refractivity contribution >= 4 is 33.1 Å². The Kier molecular flexibility index (Phi) is 4.43. The Hall–Kier alpha value is -2.06. The van der Waals surface area contributed by atoms with Gasteiger partial charge in [-0.3, -0.25) is 4.79 Å². The first kappa shape index (κ1) is 18.3. The number of fused-ring (bicyclic) bond motifs is 5. The summed E-state index contributed by atoms with van der Waals surface area (Å²) in [5.41, 5.74) is 2.32. The summed E-state index contributed by atoms with van der Waals surface area (Å²) in [7, 11) is 0. The summed E-state index contributed by atoms with van der Waals surface area (Å²) in [6.07, 6.45) is 3.24. The minimum absolute atomic E-state index is 0.114. The molecule has 4 rings (SSSR count). The quantitative estimate of drug-likeness (QED) is 0.720. The predicted molar refractivity (Wildman–Crippen MR) is 105 cm³/mol. The summed E-state index contributed by atoms with van der Waals surface area (Å²) in [4.78, 5) is 23.9. The summed E-state index contributed by atoms with van der Waals surface area (Å²) < 4.78 is 1.67. The fourth-order valence-corrected chi connectivity index (χ4v) is 5.20. The largest absolute Gasteiger partial charge is 0.395 e. The highest BCUT2D eigenvalue weighted by Crippen LogP contribution is 2.43. The molecule has 0 aliphatic heterocycles.